The molecular formula is C23H24N2O2S. The third kappa shape index (κ3) is 7.18. The van der Waals surface area contributed by atoms with Crippen molar-refractivity contribution in [3.05, 3.63) is 101 Å². The van der Waals surface area contributed by atoms with Gasteiger partial charge in [0.2, 0.25) is 5.91 Å². The van der Waals surface area contributed by atoms with Gasteiger partial charge in [-0.05, 0) is 28.3 Å². The van der Waals surface area contributed by atoms with E-state index in [2.05, 4.69) is 28.5 Å². The van der Waals surface area contributed by atoms with E-state index < -0.39 is 0 Å². The number of rotatable bonds is 10. The second-order valence-corrected chi connectivity index (χ2v) is 7.41. The number of carbonyl (C=O) groups is 1. The van der Waals surface area contributed by atoms with Gasteiger partial charge in [-0.2, -0.15) is 0 Å². The van der Waals surface area contributed by atoms with Crippen LogP contribution >= 0.6 is 11.8 Å². The number of nitrogens with one attached hydrogen (secondary N) is 1. The number of amides is 1. The van der Waals surface area contributed by atoms with Crippen molar-refractivity contribution in [3.63, 3.8) is 0 Å². The molecule has 0 aliphatic carbocycles. The molecule has 0 unspecified atom stereocenters. The van der Waals surface area contributed by atoms with E-state index in [0.29, 0.717) is 25.5 Å². The van der Waals surface area contributed by atoms with E-state index in [1.807, 2.05) is 54.7 Å². The SMILES string of the molecule is O=C(CSCc1cccnc1)NCc1cccc(COCc2ccccc2)c1. The van der Waals surface area contributed by atoms with Gasteiger partial charge >= 0.3 is 0 Å². The smallest absolute Gasteiger partial charge is 0.230 e. The molecule has 1 aromatic heterocycles. The summed E-state index contributed by atoms with van der Waals surface area (Å²) in [5.41, 5.74) is 4.47. The van der Waals surface area contributed by atoms with Gasteiger partial charge in [-0.3, -0.25) is 9.78 Å². The van der Waals surface area contributed by atoms with E-state index in [1.165, 1.54) is 0 Å². The fourth-order valence-corrected chi connectivity index (χ4v) is 3.48. The average molecular weight is 393 g/mol. The zero-order chi connectivity index (χ0) is 19.4. The normalized spacial score (nSPS) is 10.6. The number of ether oxygens (including phenoxy) is 1. The fraction of sp³-hybridized carbons (Fsp3) is 0.217. The first-order valence-corrected chi connectivity index (χ1v) is 10.4. The Morgan fingerprint density at radius 1 is 0.893 bits per heavy atom. The van der Waals surface area contributed by atoms with Crippen molar-refractivity contribution in [3.8, 4) is 0 Å². The maximum absolute atomic E-state index is 12.0. The predicted molar refractivity (Wildman–Crippen MR) is 114 cm³/mol. The molecule has 144 valence electrons. The first-order chi connectivity index (χ1) is 13.8. The molecule has 3 rings (SSSR count). The van der Waals surface area contributed by atoms with Gasteiger partial charge in [-0.25, -0.2) is 0 Å². The number of thioether (sulfide) groups is 1. The summed E-state index contributed by atoms with van der Waals surface area (Å²) in [5, 5.41) is 2.98. The minimum atomic E-state index is 0.0413. The Bertz CT molecular complexity index is 857. The molecule has 0 spiro atoms. The van der Waals surface area contributed by atoms with Crippen molar-refractivity contribution in [2.75, 3.05) is 5.75 Å². The van der Waals surface area contributed by atoms with E-state index in [1.54, 1.807) is 18.0 Å². The van der Waals surface area contributed by atoms with Gasteiger partial charge < -0.3 is 10.1 Å². The lowest BCUT2D eigenvalue weighted by atomic mass is 10.1. The molecule has 28 heavy (non-hydrogen) atoms. The Hall–Kier alpha value is -2.63. The molecule has 0 fully saturated rings. The summed E-state index contributed by atoms with van der Waals surface area (Å²) < 4.78 is 5.79. The van der Waals surface area contributed by atoms with Crippen molar-refractivity contribution < 1.29 is 9.53 Å². The number of pyridine rings is 1. The maximum Gasteiger partial charge on any atom is 0.230 e. The Balaban J connectivity index is 1.37. The van der Waals surface area contributed by atoms with Gasteiger partial charge in [0.15, 0.2) is 0 Å². The monoisotopic (exact) mass is 392 g/mol. The number of benzene rings is 2. The topological polar surface area (TPSA) is 51.2 Å². The van der Waals surface area contributed by atoms with Crippen molar-refractivity contribution in [1.29, 1.82) is 0 Å². The van der Waals surface area contributed by atoms with Gasteiger partial charge in [0.1, 0.15) is 0 Å². The van der Waals surface area contributed by atoms with Crippen LogP contribution in [0.15, 0.2) is 79.1 Å². The summed E-state index contributed by atoms with van der Waals surface area (Å²) in [6, 6.07) is 22.2. The molecule has 3 aromatic rings. The van der Waals surface area contributed by atoms with Crippen LogP contribution in [0.5, 0.6) is 0 Å². The largest absolute Gasteiger partial charge is 0.372 e. The molecule has 0 aliphatic heterocycles. The summed E-state index contributed by atoms with van der Waals surface area (Å²) in [5.74, 6) is 1.27. The van der Waals surface area contributed by atoms with Crippen LogP contribution < -0.4 is 5.32 Å². The van der Waals surface area contributed by atoms with Crippen LogP contribution in [-0.2, 0) is 35.0 Å². The van der Waals surface area contributed by atoms with E-state index in [0.717, 1.165) is 28.0 Å². The molecular weight excluding hydrogens is 368 g/mol. The molecule has 1 amide bonds. The van der Waals surface area contributed by atoms with Crippen LogP contribution in [-0.4, -0.2) is 16.6 Å². The summed E-state index contributed by atoms with van der Waals surface area (Å²) in [4.78, 5) is 16.1. The highest BCUT2D eigenvalue weighted by atomic mass is 32.2. The molecule has 0 aliphatic rings. The van der Waals surface area contributed by atoms with Crippen LogP contribution in [0.1, 0.15) is 22.3 Å². The van der Waals surface area contributed by atoms with Gasteiger partial charge in [0.05, 0.1) is 19.0 Å². The van der Waals surface area contributed by atoms with Crippen molar-refractivity contribution in [2.45, 2.75) is 25.5 Å². The van der Waals surface area contributed by atoms with Gasteiger partial charge in [0.25, 0.3) is 0 Å². The van der Waals surface area contributed by atoms with E-state index in [9.17, 15) is 4.79 Å². The van der Waals surface area contributed by atoms with E-state index in [-0.39, 0.29) is 5.91 Å². The standard InChI is InChI=1S/C23H24N2O2S/c26-23(18-28-17-22-10-5-11-24-13-22)25-14-20-8-4-9-21(12-20)16-27-15-19-6-2-1-3-7-19/h1-13H,14-18H2,(H,25,26). The van der Waals surface area contributed by atoms with Crippen molar-refractivity contribution in [2.24, 2.45) is 0 Å². The summed E-state index contributed by atoms with van der Waals surface area (Å²) in [6.07, 6.45) is 3.58. The molecule has 1 heterocycles. The Morgan fingerprint density at radius 2 is 1.64 bits per heavy atom. The minimum Gasteiger partial charge on any atom is -0.372 e. The molecule has 0 radical (unpaired) electrons. The highest BCUT2D eigenvalue weighted by Gasteiger charge is 2.03. The number of hydrogen-bond donors (Lipinski definition) is 1. The van der Waals surface area contributed by atoms with Crippen LogP contribution in [0.3, 0.4) is 0 Å². The first-order valence-electron chi connectivity index (χ1n) is 9.22. The molecule has 4 nitrogen and oxygen atoms in total. The molecule has 5 heteroatoms. The fourth-order valence-electron chi connectivity index (χ4n) is 2.69. The predicted octanol–water partition coefficient (Wildman–Crippen LogP) is 4.35. The summed E-state index contributed by atoms with van der Waals surface area (Å²) in [7, 11) is 0. The lowest BCUT2D eigenvalue weighted by molar-refractivity contribution is -0.118. The average Bonchev–Trinajstić information content (AvgIpc) is 2.74. The third-order valence-corrected chi connectivity index (χ3v) is 5.09. The van der Waals surface area contributed by atoms with Crippen LogP contribution in [0.4, 0.5) is 0 Å². The molecule has 0 atom stereocenters. The highest BCUT2D eigenvalue weighted by Crippen LogP contribution is 2.11. The van der Waals surface area contributed by atoms with Crippen LogP contribution in [0.25, 0.3) is 0 Å². The Labute approximate surface area is 170 Å². The van der Waals surface area contributed by atoms with Gasteiger partial charge in [-0.1, -0.05) is 60.7 Å². The first kappa shape index (κ1) is 20.1. The molecule has 0 saturated heterocycles. The van der Waals surface area contributed by atoms with Gasteiger partial charge in [0, 0.05) is 24.7 Å². The lowest BCUT2D eigenvalue weighted by Crippen LogP contribution is -2.24. The number of carbonyl (C=O) groups excluding carboxylic acids is 1. The highest BCUT2D eigenvalue weighted by molar-refractivity contribution is 7.99. The van der Waals surface area contributed by atoms with Crippen molar-refractivity contribution >= 4 is 17.7 Å². The second-order valence-electron chi connectivity index (χ2n) is 6.43. The van der Waals surface area contributed by atoms with Crippen LogP contribution in [0.2, 0.25) is 0 Å². The number of hydrogen-bond acceptors (Lipinski definition) is 4. The molecule has 2 aromatic carbocycles. The number of aromatic nitrogens is 1. The lowest BCUT2D eigenvalue weighted by Gasteiger charge is -2.08. The maximum atomic E-state index is 12.0. The zero-order valence-corrected chi connectivity index (χ0v) is 16.5. The van der Waals surface area contributed by atoms with E-state index >= 15 is 0 Å². The summed E-state index contributed by atoms with van der Waals surface area (Å²) in [6.45, 7) is 1.67. The number of nitrogens with zero attached hydrogens (tertiary/aromatic N) is 1. The van der Waals surface area contributed by atoms with Gasteiger partial charge in [-0.15, -0.1) is 11.8 Å². The molecule has 1 N–H and O–H groups in total. The molecule has 0 saturated carbocycles. The van der Waals surface area contributed by atoms with Crippen LogP contribution in [0, 0.1) is 0 Å². The Morgan fingerprint density at radius 3 is 2.46 bits per heavy atom. The summed E-state index contributed by atoms with van der Waals surface area (Å²) >= 11 is 1.59. The zero-order valence-electron chi connectivity index (χ0n) is 15.7. The second kappa shape index (κ2) is 11.3. The quantitative estimate of drug-likeness (QED) is 0.557. The van der Waals surface area contributed by atoms with Crippen molar-refractivity contribution in [1.82, 2.24) is 10.3 Å². The minimum absolute atomic E-state index is 0.0413. The molecule has 0 bridgehead atoms. The third-order valence-electron chi connectivity index (χ3n) is 4.09. The van der Waals surface area contributed by atoms with E-state index in [4.69, 9.17) is 4.74 Å². The Kier molecular flexibility index (Phi) is 8.09.